The third-order valence-corrected chi connectivity index (χ3v) is 4.90. The van der Waals surface area contributed by atoms with Crippen LogP contribution in [0.2, 0.25) is 0 Å². The van der Waals surface area contributed by atoms with Gasteiger partial charge in [-0.15, -0.1) is 5.10 Å². The average molecular weight is 398 g/mol. The average Bonchev–Trinajstić information content (AvgIpc) is 2.72. The molecule has 0 aliphatic carbocycles. The number of hydrogen-bond acceptors (Lipinski definition) is 7. The van der Waals surface area contributed by atoms with E-state index in [9.17, 15) is 4.79 Å². The maximum absolute atomic E-state index is 10.6. The van der Waals surface area contributed by atoms with E-state index in [1.165, 1.54) is 0 Å². The second-order valence-electron chi connectivity index (χ2n) is 7.01. The fourth-order valence-corrected chi connectivity index (χ4v) is 3.43. The Balaban J connectivity index is 1.78. The molecule has 8 nitrogen and oxygen atoms in total. The van der Waals surface area contributed by atoms with E-state index in [1.807, 2.05) is 43.3 Å². The van der Waals surface area contributed by atoms with Gasteiger partial charge in [-0.1, -0.05) is 36.4 Å². The Labute approximate surface area is 169 Å². The third kappa shape index (κ3) is 5.36. The van der Waals surface area contributed by atoms with Crippen molar-refractivity contribution in [2.24, 2.45) is 16.9 Å². The second kappa shape index (κ2) is 10.1. The Morgan fingerprint density at radius 3 is 3.00 bits per heavy atom. The molecule has 3 rings (SSSR count). The number of allylic oxidation sites excluding steroid dienone is 2. The molecule has 0 saturated carbocycles. The summed E-state index contributed by atoms with van der Waals surface area (Å²) in [5, 5.41) is 23.0. The Hall–Kier alpha value is -2.84. The summed E-state index contributed by atoms with van der Waals surface area (Å²) in [6.45, 7) is 2.34. The highest BCUT2D eigenvalue weighted by atomic mass is 16.7. The lowest BCUT2D eigenvalue weighted by Crippen LogP contribution is -2.44. The number of ether oxygens (including phenoxy) is 2. The van der Waals surface area contributed by atoms with Crippen molar-refractivity contribution >= 4 is 22.5 Å². The number of carbonyl (C=O) groups is 1. The summed E-state index contributed by atoms with van der Waals surface area (Å²) < 4.78 is 11.7. The number of nitrogens with zero attached hydrogens (tertiary/aromatic N) is 3. The highest BCUT2D eigenvalue weighted by Gasteiger charge is 2.35. The molecule has 0 amide bonds. The molecule has 3 atom stereocenters. The summed E-state index contributed by atoms with van der Waals surface area (Å²) >= 11 is 0. The summed E-state index contributed by atoms with van der Waals surface area (Å²) in [6, 6.07) is 7.81. The fourth-order valence-electron chi connectivity index (χ4n) is 3.43. The van der Waals surface area contributed by atoms with Crippen molar-refractivity contribution < 1.29 is 19.4 Å². The lowest BCUT2D eigenvalue weighted by Gasteiger charge is -2.35. The number of hydrazone groups is 1. The predicted octanol–water partition coefficient (Wildman–Crippen LogP) is 2.87. The summed E-state index contributed by atoms with van der Waals surface area (Å²) in [5.41, 5.74) is 1.16. The lowest BCUT2D eigenvalue weighted by molar-refractivity contribution is -0.207. The van der Waals surface area contributed by atoms with Gasteiger partial charge in [-0.25, -0.2) is 0 Å². The van der Waals surface area contributed by atoms with Crippen LogP contribution in [0.1, 0.15) is 38.3 Å². The normalized spacial score (nSPS) is 22.9. The number of hydrogen-bond donors (Lipinski definition) is 2. The molecule has 2 heterocycles. The smallest absolute Gasteiger partial charge is 0.303 e. The summed E-state index contributed by atoms with van der Waals surface area (Å²) in [7, 11) is 0. The van der Waals surface area contributed by atoms with Crippen molar-refractivity contribution in [2.45, 2.75) is 45.0 Å². The van der Waals surface area contributed by atoms with E-state index >= 15 is 0 Å². The molecule has 1 aromatic carbocycles. The van der Waals surface area contributed by atoms with Gasteiger partial charge in [0, 0.05) is 23.1 Å². The Kier molecular flexibility index (Phi) is 7.26. The van der Waals surface area contributed by atoms with Gasteiger partial charge in [-0.2, -0.15) is 10.2 Å². The standard InChI is InChI=1S/C21H26N4O4/c1-14-28-13-16(9-4-2-3-5-11-18(26)27)21(29-14)20(24-22)19-17-10-7-6-8-15(17)12-23-25-19/h2,4,6-8,10,12,14,16,21H,3,5,9,11,13,22H2,1H3,(H,26,27)/b4-2-,24-20-/t14-,16+,21-/m1/s1. The second-order valence-corrected chi connectivity index (χ2v) is 7.01. The van der Waals surface area contributed by atoms with Gasteiger partial charge in [0.2, 0.25) is 0 Å². The van der Waals surface area contributed by atoms with Gasteiger partial charge in [0.25, 0.3) is 0 Å². The molecule has 1 saturated heterocycles. The van der Waals surface area contributed by atoms with Crippen LogP contribution in [0.15, 0.2) is 47.7 Å². The molecule has 0 spiro atoms. The summed E-state index contributed by atoms with van der Waals surface area (Å²) in [4.78, 5) is 10.6. The minimum absolute atomic E-state index is 0.00462. The molecule has 8 heteroatoms. The molecule has 29 heavy (non-hydrogen) atoms. The van der Waals surface area contributed by atoms with E-state index in [-0.39, 0.29) is 24.7 Å². The zero-order valence-electron chi connectivity index (χ0n) is 16.4. The molecule has 0 unspecified atom stereocenters. The van der Waals surface area contributed by atoms with Gasteiger partial charge in [0.1, 0.15) is 17.5 Å². The third-order valence-electron chi connectivity index (χ3n) is 4.90. The van der Waals surface area contributed by atoms with E-state index in [4.69, 9.17) is 20.4 Å². The number of carboxylic acids is 1. The maximum Gasteiger partial charge on any atom is 0.303 e. The highest BCUT2D eigenvalue weighted by molar-refractivity contribution is 6.11. The first-order chi connectivity index (χ1) is 14.1. The van der Waals surface area contributed by atoms with E-state index in [1.54, 1.807) is 6.20 Å². The van der Waals surface area contributed by atoms with Crippen LogP contribution in [-0.2, 0) is 14.3 Å². The number of rotatable bonds is 8. The monoisotopic (exact) mass is 398 g/mol. The van der Waals surface area contributed by atoms with Crippen molar-refractivity contribution in [2.75, 3.05) is 6.61 Å². The quantitative estimate of drug-likeness (QED) is 0.231. The number of fused-ring (bicyclic) bond motifs is 1. The number of benzene rings is 1. The molecular formula is C21H26N4O4. The number of carboxylic acid groups (broad SMARTS) is 1. The topological polar surface area (TPSA) is 120 Å². The molecule has 3 N–H and O–H groups in total. The molecule has 0 radical (unpaired) electrons. The van der Waals surface area contributed by atoms with Gasteiger partial charge < -0.3 is 20.4 Å². The SMILES string of the molecule is C[C@@H]1OC[C@H](C/C=C\CCCC(=O)O)[C@H](/C(=N\N)c2nncc3ccccc23)O1. The van der Waals surface area contributed by atoms with Gasteiger partial charge in [0.05, 0.1) is 12.8 Å². The molecule has 2 aromatic rings. The first-order valence-electron chi connectivity index (χ1n) is 9.72. The number of aliphatic carboxylic acids is 1. The minimum atomic E-state index is -0.776. The van der Waals surface area contributed by atoms with Crippen LogP contribution in [0.25, 0.3) is 10.8 Å². The predicted molar refractivity (Wildman–Crippen MR) is 109 cm³/mol. The van der Waals surface area contributed by atoms with Crippen LogP contribution < -0.4 is 5.84 Å². The van der Waals surface area contributed by atoms with E-state index in [0.717, 1.165) is 10.8 Å². The van der Waals surface area contributed by atoms with E-state index in [2.05, 4.69) is 15.3 Å². The van der Waals surface area contributed by atoms with Gasteiger partial charge >= 0.3 is 5.97 Å². The van der Waals surface area contributed by atoms with Crippen LogP contribution in [0.3, 0.4) is 0 Å². The fraction of sp³-hybridized carbons (Fsp3) is 0.429. The van der Waals surface area contributed by atoms with Crippen LogP contribution >= 0.6 is 0 Å². The zero-order valence-corrected chi connectivity index (χ0v) is 16.4. The van der Waals surface area contributed by atoms with Gasteiger partial charge in [-0.3, -0.25) is 4.79 Å². The number of nitrogens with two attached hydrogens (primary N) is 1. The maximum atomic E-state index is 10.6. The van der Waals surface area contributed by atoms with E-state index in [0.29, 0.717) is 37.3 Å². The largest absolute Gasteiger partial charge is 0.481 e. The number of unbranched alkanes of at least 4 members (excludes halogenated alkanes) is 1. The van der Waals surface area contributed by atoms with Gasteiger partial charge in [-0.05, 0) is 26.2 Å². The van der Waals surface area contributed by atoms with Crippen LogP contribution in [-0.4, -0.2) is 46.0 Å². The van der Waals surface area contributed by atoms with Crippen molar-refractivity contribution in [3.63, 3.8) is 0 Å². The van der Waals surface area contributed by atoms with Crippen molar-refractivity contribution in [3.8, 4) is 0 Å². The molecular weight excluding hydrogens is 372 g/mol. The zero-order chi connectivity index (χ0) is 20.6. The van der Waals surface area contributed by atoms with Crippen molar-refractivity contribution in [1.82, 2.24) is 10.2 Å². The Bertz CT molecular complexity index is 894. The first-order valence-corrected chi connectivity index (χ1v) is 9.72. The number of aromatic nitrogens is 2. The van der Waals surface area contributed by atoms with E-state index < -0.39 is 5.97 Å². The van der Waals surface area contributed by atoms with Crippen LogP contribution in [0.4, 0.5) is 0 Å². The summed E-state index contributed by atoms with van der Waals surface area (Å²) in [5.74, 6) is 5.01. The van der Waals surface area contributed by atoms with Gasteiger partial charge in [0.15, 0.2) is 6.29 Å². The van der Waals surface area contributed by atoms with Crippen molar-refractivity contribution in [1.29, 1.82) is 0 Å². The summed E-state index contributed by atoms with van der Waals surface area (Å²) in [6.07, 6.45) is 7.17. The Morgan fingerprint density at radius 1 is 1.38 bits per heavy atom. The van der Waals surface area contributed by atoms with Crippen molar-refractivity contribution in [3.05, 3.63) is 48.3 Å². The highest BCUT2D eigenvalue weighted by Crippen LogP contribution is 2.27. The first kappa shape index (κ1) is 20.9. The molecule has 0 bridgehead atoms. The Morgan fingerprint density at radius 2 is 2.21 bits per heavy atom. The lowest BCUT2D eigenvalue weighted by atomic mass is 9.91. The molecule has 154 valence electrons. The molecule has 1 aliphatic heterocycles. The molecule has 1 fully saturated rings. The molecule has 1 aromatic heterocycles. The van der Waals surface area contributed by atoms with Crippen LogP contribution in [0, 0.1) is 5.92 Å². The molecule has 1 aliphatic rings. The van der Waals surface area contributed by atoms with Crippen LogP contribution in [0.5, 0.6) is 0 Å². The minimum Gasteiger partial charge on any atom is -0.481 e.